The lowest BCUT2D eigenvalue weighted by Gasteiger charge is -2.39. The smallest absolute Gasteiger partial charge is 0.235 e. The van der Waals surface area contributed by atoms with E-state index in [2.05, 4.69) is 23.6 Å². The Hall–Kier alpha value is -0.750. The second kappa shape index (κ2) is 9.64. The second-order valence-electron chi connectivity index (χ2n) is 7.96. The van der Waals surface area contributed by atoms with E-state index in [1.807, 2.05) is 31.2 Å². The fourth-order valence-electron chi connectivity index (χ4n) is 4.16. The maximum absolute atomic E-state index is 12.8. The number of rotatable bonds is 5. The molecule has 3 atom stereocenters. The van der Waals surface area contributed by atoms with Gasteiger partial charge >= 0.3 is 0 Å². The summed E-state index contributed by atoms with van der Waals surface area (Å²) in [6.07, 6.45) is 2.84. The predicted octanol–water partition coefficient (Wildman–Crippen LogP) is 4.17. The van der Waals surface area contributed by atoms with Crippen LogP contribution in [0.5, 0.6) is 0 Å². The SMILES string of the molecule is CC1CN(CC2CCN(C(=O)C(C)Sc3ccc(Cl)cc3)CC2)CC(C)O1. The average Bonchev–Trinajstić information content (AvgIpc) is 2.63. The number of thioether (sulfide) groups is 1. The topological polar surface area (TPSA) is 32.8 Å². The Morgan fingerprint density at radius 2 is 1.78 bits per heavy atom. The molecule has 2 saturated heterocycles. The lowest BCUT2D eigenvalue weighted by atomic mass is 9.95. The Balaban J connectivity index is 1.44. The highest BCUT2D eigenvalue weighted by Gasteiger charge is 2.29. The van der Waals surface area contributed by atoms with Crippen molar-refractivity contribution in [3.8, 4) is 0 Å². The van der Waals surface area contributed by atoms with Crippen molar-refractivity contribution in [3.05, 3.63) is 29.3 Å². The molecule has 0 aromatic heterocycles. The number of nitrogens with zero attached hydrogens (tertiary/aromatic N) is 2. The minimum Gasteiger partial charge on any atom is -0.373 e. The first-order valence-electron chi connectivity index (χ1n) is 9.99. The minimum atomic E-state index is -0.0660. The standard InChI is InChI=1S/C21H31ClN2O2S/c1-15-12-23(13-16(2)26-15)14-18-8-10-24(11-9-18)21(25)17(3)27-20-6-4-19(22)5-7-20/h4-7,15-18H,8-14H2,1-3H3. The number of benzene rings is 1. The van der Waals surface area contributed by atoms with E-state index in [1.165, 1.54) is 0 Å². The normalized spacial score (nSPS) is 26.1. The quantitative estimate of drug-likeness (QED) is 0.682. The zero-order valence-electron chi connectivity index (χ0n) is 16.6. The molecule has 3 unspecified atom stereocenters. The van der Waals surface area contributed by atoms with Crippen LogP contribution in [0.25, 0.3) is 0 Å². The number of carbonyl (C=O) groups excluding carboxylic acids is 1. The van der Waals surface area contributed by atoms with E-state index in [9.17, 15) is 4.79 Å². The molecule has 0 spiro atoms. The number of ether oxygens (including phenoxy) is 1. The van der Waals surface area contributed by atoms with E-state index in [-0.39, 0.29) is 11.2 Å². The molecule has 0 N–H and O–H groups in total. The first-order chi connectivity index (χ1) is 12.9. The van der Waals surface area contributed by atoms with Gasteiger partial charge in [0, 0.05) is 42.6 Å². The fourth-order valence-corrected chi connectivity index (χ4v) is 5.24. The maximum atomic E-state index is 12.8. The van der Waals surface area contributed by atoms with Gasteiger partial charge in [-0.25, -0.2) is 0 Å². The maximum Gasteiger partial charge on any atom is 0.235 e. The largest absolute Gasteiger partial charge is 0.373 e. The third kappa shape index (κ3) is 6.11. The fraction of sp³-hybridized carbons (Fsp3) is 0.667. The average molecular weight is 411 g/mol. The summed E-state index contributed by atoms with van der Waals surface area (Å²) in [6.45, 7) is 11.3. The van der Waals surface area contributed by atoms with Crippen LogP contribution in [-0.4, -0.2) is 65.9 Å². The molecular formula is C21H31ClN2O2S. The van der Waals surface area contributed by atoms with E-state index in [4.69, 9.17) is 16.3 Å². The molecule has 2 heterocycles. The van der Waals surface area contributed by atoms with Gasteiger partial charge in [-0.2, -0.15) is 0 Å². The molecular weight excluding hydrogens is 380 g/mol. The number of hydrogen-bond donors (Lipinski definition) is 0. The first-order valence-corrected chi connectivity index (χ1v) is 11.3. The van der Waals surface area contributed by atoms with Crippen LogP contribution in [0.2, 0.25) is 5.02 Å². The van der Waals surface area contributed by atoms with Gasteiger partial charge in [0.2, 0.25) is 5.91 Å². The first kappa shape index (κ1) is 21.0. The Labute approximate surface area is 172 Å². The molecule has 1 amide bonds. The molecule has 0 saturated carbocycles. The molecule has 0 bridgehead atoms. The van der Waals surface area contributed by atoms with Crippen LogP contribution in [0.4, 0.5) is 0 Å². The minimum absolute atomic E-state index is 0.0660. The molecule has 0 radical (unpaired) electrons. The van der Waals surface area contributed by atoms with Crippen molar-refractivity contribution in [1.82, 2.24) is 9.80 Å². The number of likely N-dealkylation sites (tertiary alicyclic amines) is 1. The van der Waals surface area contributed by atoms with E-state index >= 15 is 0 Å². The molecule has 1 aromatic carbocycles. The third-order valence-electron chi connectivity index (χ3n) is 5.41. The molecule has 2 aliphatic rings. The Kier molecular flexibility index (Phi) is 7.49. The van der Waals surface area contributed by atoms with Crippen molar-refractivity contribution in [2.45, 2.75) is 56.0 Å². The van der Waals surface area contributed by atoms with Crippen LogP contribution in [0.3, 0.4) is 0 Å². The van der Waals surface area contributed by atoms with Crippen molar-refractivity contribution in [3.63, 3.8) is 0 Å². The van der Waals surface area contributed by atoms with Gasteiger partial charge in [0.1, 0.15) is 0 Å². The highest BCUT2D eigenvalue weighted by Crippen LogP contribution is 2.28. The summed E-state index contributed by atoms with van der Waals surface area (Å²) in [7, 11) is 0. The van der Waals surface area contributed by atoms with Gasteiger partial charge in [0.25, 0.3) is 0 Å². The molecule has 2 fully saturated rings. The van der Waals surface area contributed by atoms with Crippen LogP contribution >= 0.6 is 23.4 Å². The number of piperidine rings is 1. The molecule has 27 heavy (non-hydrogen) atoms. The number of morpholine rings is 1. The zero-order valence-corrected chi connectivity index (χ0v) is 18.1. The second-order valence-corrected chi connectivity index (χ2v) is 9.81. The summed E-state index contributed by atoms with van der Waals surface area (Å²) in [5.41, 5.74) is 0. The van der Waals surface area contributed by atoms with E-state index < -0.39 is 0 Å². The van der Waals surface area contributed by atoms with Crippen LogP contribution in [0.15, 0.2) is 29.2 Å². The summed E-state index contributed by atoms with van der Waals surface area (Å²) in [4.78, 5) is 18.5. The Bertz CT molecular complexity index is 609. The van der Waals surface area contributed by atoms with Gasteiger partial charge in [0.15, 0.2) is 0 Å². The molecule has 1 aromatic rings. The number of halogens is 1. The van der Waals surface area contributed by atoms with Crippen molar-refractivity contribution in [1.29, 1.82) is 0 Å². The summed E-state index contributed by atoms with van der Waals surface area (Å²) in [6, 6.07) is 7.71. The number of hydrogen-bond acceptors (Lipinski definition) is 4. The van der Waals surface area contributed by atoms with E-state index in [0.717, 1.165) is 55.5 Å². The predicted molar refractivity (Wildman–Crippen MR) is 113 cm³/mol. The monoisotopic (exact) mass is 410 g/mol. The van der Waals surface area contributed by atoms with Gasteiger partial charge in [-0.3, -0.25) is 9.69 Å². The summed E-state index contributed by atoms with van der Waals surface area (Å²) < 4.78 is 5.83. The Morgan fingerprint density at radius 3 is 2.37 bits per heavy atom. The summed E-state index contributed by atoms with van der Waals surface area (Å²) >= 11 is 7.55. The lowest BCUT2D eigenvalue weighted by molar-refractivity contribution is -0.131. The van der Waals surface area contributed by atoms with Crippen molar-refractivity contribution >= 4 is 29.3 Å². The third-order valence-corrected chi connectivity index (χ3v) is 6.76. The molecule has 150 valence electrons. The van der Waals surface area contributed by atoms with Gasteiger partial charge in [-0.05, 0) is 63.8 Å². The van der Waals surface area contributed by atoms with E-state index in [1.54, 1.807) is 11.8 Å². The highest BCUT2D eigenvalue weighted by molar-refractivity contribution is 8.00. The number of carbonyl (C=O) groups is 1. The zero-order chi connectivity index (χ0) is 19.4. The van der Waals surface area contributed by atoms with Crippen molar-refractivity contribution < 1.29 is 9.53 Å². The van der Waals surface area contributed by atoms with Gasteiger partial charge in [0.05, 0.1) is 17.5 Å². The molecule has 6 heteroatoms. The summed E-state index contributed by atoms with van der Waals surface area (Å²) in [5, 5.41) is 0.660. The van der Waals surface area contributed by atoms with Gasteiger partial charge < -0.3 is 9.64 Å². The van der Waals surface area contributed by atoms with Crippen molar-refractivity contribution in [2.75, 3.05) is 32.7 Å². The van der Waals surface area contributed by atoms with Crippen LogP contribution in [0, 0.1) is 5.92 Å². The van der Waals surface area contributed by atoms with Gasteiger partial charge in [-0.15, -0.1) is 11.8 Å². The molecule has 2 aliphatic heterocycles. The molecule has 4 nitrogen and oxygen atoms in total. The summed E-state index contributed by atoms with van der Waals surface area (Å²) in [5.74, 6) is 0.938. The molecule has 3 rings (SSSR count). The lowest BCUT2D eigenvalue weighted by Crippen LogP contribution is -2.49. The van der Waals surface area contributed by atoms with E-state index in [0.29, 0.717) is 18.1 Å². The molecule has 0 aliphatic carbocycles. The number of amides is 1. The highest BCUT2D eigenvalue weighted by atomic mass is 35.5. The van der Waals surface area contributed by atoms with Crippen LogP contribution in [0.1, 0.15) is 33.6 Å². The Morgan fingerprint density at radius 1 is 1.19 bits per heavy atom. The van der Waals surface area contributed by atoms with Crippen LogP contribution in [-0.2, 0) is 9.53 Å². The van der Waals surface area contributed by atoms with Gasteiger partial charge in [-0.1, -0.05) is 11.6 Å². The van der Waals surface area contributed by atoms with Crippen molar-refractivity contribution in [2.24, 2.45) is 5.92 Å². The van der Waals surface area contributed by atoms with Crippen LogP contribution < -0.4 is 0 Å².